The summed E-state index contributed by atoms with van der Waals surface area (Å²) in [4.78, 5) is 20.8. The van der Waals surface area contributed by atoms with Crippen LogP contribution in [-0.2, 0) is 4.79 Å². The molecule has 1 unspecified atom stereocenters. The van der Waals surface area contributed by atoms with Crippen LogP contribution < -0.4 is 9.80 Å². The molecule has 1 atom stereocenters. The van der Waals surface area contributed by atoms with E-state index in [4.69, 9.17) is 0 Å². The zero-order valence-electron chi connectivity index (χ0n) is 18.3. The van der Waals surface area contributed by atoms with Gasteiger partial charge in [0, 0.05) is 59.2 Å². The fourth-order valence-electron chi connectivity index (χ4n) is 4.19. The van der Waals surface area contributed by atoms with E-state index >= 15 is 0 Å². The molecule has 6 heteroatoms. The number of carbonyl (C=O) groups excluding carboxylic acids is 1. The minimum Gasteiger partial charge on any atom is -0.378 e. The lowest BCUT2D eigenvalue weighted by molar-refractivity contribution is -0.122. The number of hydrogen-bond acceptors (Lipinski definition) is 5. The Morgan fingerprint density at radius 3 is 1.63 bits per heavy atom. The summed E-state index contributed by atoms with van der Waals surface area (Å²) in [5.74, 6) is -0.0910. The molecule has 0 radical (unpaired) electrons. The van der Waals surface area contributed by atoms with Gasteiger partial charge in [-0.05, 0) is 35.4 Å². The first-order valence-corrected chi connectivity index (χ1v) is 9.95. The van der Waals surface area contributed by atoms with Crippen LogP contribution in [-0.4, -0.2) is 69.3 Å². The van der Waals surface area contributed by atoms with Gasteiger partial charge in [-0.25, -0.2) is 0 Å². The van der Waals surface area contributed by atoms with Crippen LogP contribution in [0.2, 0.25) is 0 Å². The van der Waals surface area contributed by atoms with Crippen LogP contribution in [0.3, 0.4) is 0 Å². The summed E-state index contributed by atoms with van der Waals surface area (Å²) < 4.78 is 0. The molecule has 0 aromatic heterocycles. The predicted octanol–water partition coefficient (Wildman–Crippen LogP) is 2.68. The van der Waals surface area contributed by atoms with Gasteiger partial charge < -0.3 is 24.7 Å². The minimum absolute atomic E-state index is 0.0910. The number of carbonyl (C=O) groups is 1. The van der Waals surface area contributed by atoms with Crippen molar-refractivity contribution in [2.75, 3.05) is 52.1 Å². The largest absolute Gasteiger partial charge is 0.378 e. The zero-order valence-corrected chi connectivity index (χ0v) is 18.3. The number of nitrogens with zero attached hydrogens (tertiary/aromatic N) is 4. The van der Waals surface area contributed by atoms with Crippen molar-refractivity contribution in [3.8, 4) is 0 Å². The van der Waals surface area contributed by atoms with Gasteiger partial charge in [0.15, 0.2) is 6.23 Å². The lowest BCUT2D eigenvalue weighted by Crippen LogP contribution is -2.28. The number of amides is 1. The first-order chi connectivity index (χ1) is 14.2. The van der Waals surface area contributed by atoms with E-state index < -0.39 is 6.23 Å². The van der Waals surface area contributed by atoms with E-state index in [2.05, 4.69) is 0 Å². The summed E-state index contributed by atoms with van der Waals surface area (Å²) in [6.45, 7) is 0. The predicted molar refractivity (Wildman–Crippen MR) is 122 cm³/mol. The number of rotatable bonds is 4. The third-order valence-electron chi connectivity index (χ3n) is 5.91. The number of hydrogen-bond donors (Lipinski definition) is 1. The molecule has 156 valence electrons. The third-order valence-corrected chi connectivity index (χ3v) is 5.91. The summed E-state index contributed by atoms with van der Waals surface area (Å²) in [7, 11) is 11.6. The summed E-state index contributed by atoms with van der Waals surface area (Å²) in [6, 6.07) is 16.1. The Balaban J connectivity index is 1.86. The van der Waals surface area contributed by atoms with Crippen LogP contribution in [0.25, 0.3) is 11.4 Å². The average molecular weight is 405 g/mol. The second-order valence-electron chi connectivity index (χ2n) is 8.22. The average Bonchev–Trinajstić information content (AvgIpc) is 3.13. The number of aliphatic hydroxyl groups is 1. The highest BCUT2D eigenvalue weighted by Crippen LogP contribution is 2.47. The van der Waals surface area contributed by atoms with Crippen molar-refractivity contribution in [3.63, 3.8) is 0 Å². The van der Waals surface area contributed by atoms with Crippen LogP contribution >= 0.6 is 0 Å². The van der Waals surface area contributed by atoms with Crippen molar-refractivity contribution in [2.24, 2.45) is 0 Å². The van der Waals surface area contributed by atoms with Gasteiger partial charge in [0.1, 0.15) is 0 Å². The molecule has 2 aliphatic heterocycles. The molecular weight excluding hydrogens is 376 g/mol. The molecule has 0 fully saturated rings. The molecule has 0 aliphatic carbocycles. The fourth-order valence-corrected chi connectivity index (χ4v) is 4.19. The zero-order chi connectivity index (χ0) is 21.7. The molecule has 2 aromatic rings. The highest BCUT2D eigenvalue weighted by atomic mass is 16.3. The summed E-state index contributed by atoms with van der Waals surface area (Å²) in [6.07, 6.45) is -0.874. The Kier molecular flexibility index (Phi) is 4.82. The Morgan fingerprint density at radius 2 is 1.20 bits per heavy atom. The van der Waals surface area contributed by atoms with Crippen LogP contribution in [0.5, 0.6) is 0 Å². The quantitative estimate of drug-likeness (QED) is 0.849. The lowest BCUT2D eigenvalue weighted by Gasteiger charge is -2.25. The van der Waals surface area contributed by atoms with Crippen molar-refractivity contribution in [1.29, 1.82) is 0 Å². The topological polar surface area (TPSA) is 50.3 Å². The standard InChI is InChI=1S/C24H28N4O2/c1-25(2)17-11-7-15(8-12-17)21-19-20(24(30)27(21)5)22(28(6)23(19)29)16-9-13-18(14-10-16)26(3)4/h7-14,23,29H,1-6H3. The van der Waals surface area contributed by atoms with Crippen LogP contribution in [0.15, 0.2) is 59.7 Å². The molecule has 0 saturated carbocycles. The Labute approximate surface area is 177 Å². The second-order valence-corrected chi connectivity index (χ2v) is 8.22. The summed E-state index contributed by atoms with van der Waals surface area (Å²) >= 11 is 0. The Morgan fingerprint density at radius 1 is 0.767 bits per heavy atom. The van der Waals surface area contributed by atoms with E-state index in [-0.39, 0.29) is 5.91 Å². The van der Waals surface area contributed by atoms with Crippen LogP contribution in [0, 0.1) is 0 Å². The van der Waals surface area contributed by atoms with Gasteiger partial charge in [-0.15, -0.1) is 0 Å². The number of fused-ring (bicyclic) bond motifs is 1. The van der Waals surface area contributed by atoms with Crippen molar-refractivity contribution >= 4 is 28.7 Å². The summed E-state index contributed by atoms with van der Waals surface area (Å²) in [5.41, 5.74) is 6.78. The lowest BCUT2D eigenvalue weighted by atomic mass is 10.0. The highest BCUT2D eigenvalue weighted by Gasteiger charge is 2.46. The van der Waals surface area contributed by atoms with Gasteiger partial charge in [0.05, 0.1) is 17.0 Å². The normalized spacial score (nSPS) is 18.5. The molecule has 4 rings (SSSR count). The molecule has 6 nitrogen and oxygen atoms in total. The summed E-state index contributed by atoms with van der Waals surface area (Å²) in [5, 5.41) is 11.1. The molecule has 30 heavy (non-hydrogen) atoms. The van der Waals surface area contributed by atoms with E-state index in [0.29, 0.717) is 11.1 Å². The molecule has 0 saturated heterocycles. The van der Waals surface area contributed by atoms with E-state index in [1.54, 1.807) is 16.8 Å². The minimum atomic E-state index is -0.874. The van der Waals surface area contributed by atoms with Crippen LogP contribution in [0.1, 0.15) is 11.1 Å². The van der Waals surface area contributed by atoms with Crippen LogP contribution in [0.4, 0.5) is 11.4 Å². The molecule has 2 aromatic carbocycles. The molecule has 1 N–H and O–H groups in total. The molecule has 2 heterocycles. The Hall–Kier alpha value is -3.25. The van der Waals surface area contributed by atoms with Crippen molar-refractivity contribution in [2.45, 2.75) is 6.23 Å². The van der Waals surface area contributed by atoms with E-state index in [1.165, 1.54) is 0 Å². The van der Waals surface area contributed by atoms with Crippen molar-refractivity contribution in [3.05, 3.63) is 70.8 Å². The van der Waals surface area contributed by atoms with Gasteiger partial charge in [-0.1, -0.05) is 24.3 Å². The van der Waals surface area contributed by atoms with Gasteiger partial charge in [0.2, 0.25) is 0 Å². The van der Waals surface area contributed by atoms with E-state index in [0.717, 1.165) is 33.9 Å². The van der Waals surface area contributed by atoms with E-state index in [1.807, 2.05) is 93.6 Å². The maximum Gasteiger partial charge on any atom is 0.260 e. The van der Waals surface area contributed by atoms with E-state index in [9.17, 15) is 9.90 Å². The number of benzene rings is 2. The molecule has 0 bridgehead atoms. The third kappa shape index (κ3) is 2.95. The SMILES string of the molecule is CN1C(=O)C2=C(c3ccc(N(C)C)cc3)N(C)C(O)C2=C1c1ccc(N(C)C)cc1. The van der Waals surface area contributed by atoms with Crippen molar-refractivity contribution < 1.29 is 9.90 Å². The smallest absolute Gasteiger partial charge is 0.260 e. The fraction of sp³-hybridized carbons (Fsp3) is 0.292. The van der Waals surface area contributed by atoms with Gasteiger partial charge in [-0.3, -0.25) is 4.79 Å². The molecular formula is C24H28N4O2. The first-order valence-electron chi connectivity index (χ1n) is 9.95. The second kappa shape index (κ2) is 7.22. The molecule has 2 aliphatic rings. The van der Waals surface area contributed by atoms with Crippen molar-refractivity contribution in [1.82, 2.24) is 9.80 Å². The van der Waals surface area contributed by atoms with Gasteiger partial charge in [0.25, 0.3) is 5.91 Å². The first kappa shape index (κ1) is 20.0. The Bertz CT molecular complexity index is 1050. The molecule has 0 spiro atoms. The number of anilines is 2. The molecule has 1 amide bonds. The number of likely N-dealkylation sites (N-methyl/N-ethyl adjacent to an activating group) is 2. The maximum atomic E-state index is 13.3. The maximum absolute atomic E-state index is 13.3. The monoisotopic (exact) mass is 404 g/mol. The van der Waals surface area contributed by atoms with Gasteiger partial charge >= 0.3 is 0 Å². The highest BCUT2D eigenvalue weighted by molar-refractivity contribution is 6.16. The number of aliphatic hydroxyl groups excluding tert-OH is 1. The van der Waals surface area contributed by atoms with Gasteiger partial charge in [-0.2, -0.15) is 0 Å².